The summed E-state index contributed by atoms with van der Waals surface area (Å²) in [6, 6.07) is 15.6. The van der Waals surface area contributed by atoms with Crippen molar-refractivity contribution in [2.75, 3.05) is 11.9 Å². The molecule has 5 nitrogen and oxygen atoms in total. The SMILES string of the molecule is CCN(Cc1ccccc1)C(=O)c1cnc(Nc2ccc(C)c(Cl)c2)cn1. The molecular formula is C21H21ClN4O. The molecule has 27 heavy (non-hydrogen) atoms. The molecule has 0 spiro atoms. The van der Waals surface area contributed by atoms with Gasteiger partial charge in [-0.1, -0.05) is 48.0 Å². The second kappa shape index (κ2) is 8.64. The van der Waals surface area contributed by atoms with Crippen LogP contribution in [0.2, 0.25) is 5.02 Å². The van der Waals surface area contributed by atoms with Gasteiger partial charge in [0.25, 0.3) is 5.91 Å². The van der Waals surface area contributed by atoms with E-state index in [1.54, 1.807) is 11.1 Å². The summed E-state index contributed by atoms with van der Waals surface area (Å²) in [7, 11) is 0. The second-order valence-corrected chi connectivity index (χ2v) is 6.59. The first-order valence-corrected chi connectivity index (χ1v) is 9.13. The number of amides is 1. The molecule has 138 valence electrons. The number of nitrogens with one attached hydrogen (secondary N) is 1. The standard InChI is InChI=1S/C21H21ClN4O/c1-3-26(14-16-7-5-4-6-8-16)21(27)19-12-24-20(13-23-19)25-17-10-9-15(2)18(22)11-17/h4-13H,3,14H2,1-2H3,(H,24,25). The van der Waals surface area contributed by atoms with Gasteiger partial charge < -0.3 is 10.2 Å². The topological polar surface area (TPSA) is 58.1 Å². The quantitative estimate of drug-likeness (QED) is 0.664. The monoisotopic (exact) mass is 380 g/mol. The molecule has 0 unspecified atom stereocenters. The third kappa shape index (κ3) is 4.83. The van der Waals surface area contributed by atoms with Crippen LogP contribution in [0.25, 0.3) is 0 Å². The smallest absolute Gasteiger partial charge is 0.274 e. The molecule has 0 fully saturated rings. The zero-order chi connectivity index (χ0) is 19.2. The minimum Gasteiger partial charge on any atom is -0.339 e. The molecule has 0 aliphatic carbocycles. The number of nitrogens with zero attached hydrogens (tertiary/aromatic N) is 3. The van der Waals surface area contributed by atoms with Gasteiger partial charge in [0.1, 0.15) is 11.5 Å². The van der Waals surface area contributed by atoms with Gasteiger partial charge in [0.05, 0.1) is 12.4 Å². The molecule has 3 aromatic rings. The number of benzene rings is 2. The largest absolute Gasteiger partial charge is 0.339 e. The molecule has 2 aromatic carbocycles. The molecule has 1 N–H and O–H groups in total. The average Bonchev–Trinajstić information content (AvgIpc) is 2.70. The molecule has 6 heteroatoms. The number of hydrogen-bond donors (Lipinski definition) is 1. The van der Waals surface area contributed by atoms with E-state index < -0.39 is 0 Å². The zero-order valence-corrected chi connectivity index (χ0v) is 16.1. The third-order valence-corrected chi connectivity index (χ3v) is 4.61. The maximum absolute atomic E-state index is 12.7. The molecule has 0 aliphatic heterocycles. The first kappa shape index (κ1) is 18.9. The molecular weight excluding hydrogens is 360 g/mol. The van der Waals surface area contributed by atoms with E-state index in [0.29, 0.717) is 29.6 Å². The van der Waals surface area contributed by atoms with Gasteiger partial charge >= 0.3 is 0 Å². The van der Waals surface area contributed by atoms with Crippen LogP contribution in [0, 0.1) is 6.92 Å². The van der Waals surface area contributed by atoms with Gasteiger partial charge in [0, 0.05) is 23.8 Å². The number of aryl methyl sites for hydroxylation is 1. The van der Waals surface area contributed by atoms with Crippen molar-refractivity contribution in [3.63, 3.8) is 0 Å². The molecule has 1 heterocycles. The predicted octanol–water partition coefficient (Wildman–Crippen LogP) is 4.84. The van der Waals surface area contributed by atoms with Crippen LogP contribution in [0.4, 0.5) is 11.5 Å². The van der Waals surface area contributed by atoms with E-state index in [4.69, 9.17) is 11.6 Å². The minimum atomic E-state index is -0.140. The van der Waals surface area contributed by atoms with Crippen molar-refractivity contribution in [1.29, 1.82) is 0 Å². The van der Waals surface area contributed by atoms with Crippen LogP contribution in [0.1, 0.15) is 28.5 Å². The number of rotatable bonds is 6. The fourth-order valence-corrected chi connectivity index (χ4v) is 2.80. The molecule has 1 amide bonds. The first-order chi connectivity index (χ1) is 13.1. The molecule has 3 rings (SSSR count). The minimum absolute atomic E-state index is 0.140. The van der Waals surface area contributed by atoms with E-state index in [0.717, 1.165) is 16.8 Å². The van der Waals surface area contributed by atoms with Gasteiger partial charge in [-0.15, -0.1) is 0 Å². The van der Waals surface area contributed by atoms with E-state index in [2.05, 4.69) is 15.3 Å². The van der Waals surface area contributed by atoms with Gasteiger partial charge in [0.15, 0.2) is 0 Å². The number of halogens is 1. The Balaban J connectivity index is 1.69. The van der Waals surface area contributed by atoms with Crippen molar-refractivity contribution in [2.24, 2.45) is 0 Å². The lowest BCUT2D eigenvalue weighted by Gasteiger charge is -2.20. The maximum Gasteiger partial charge on any atom is 0.274 e. The molecule has 1 aromatic heterocycles. The van der Waals surface area contributed by atoms with Crippen molar-refractivity contribution in [1.82, 2.24) is 14.9 Å². The van der Waals surface area contributed by atoms with Gasteiger partial charge in [-0.05, 0) is 37.1 Å². The van der Waals surface area contributed by atoms with Crippen LogP contribution < -0.4 is 5.32 Å². The maximum atomic E-state index is 12.7. The van der Waals surface area contributed by atoms with Gasteiger partial charge in [-0.3, -0.25) is 4.79 Å². The van der Waals surface area contributed by atoms with Crippen LogP contribution in [0.3, 0.4) is 0 Å². The van der Waals surface area contributed by atoms with Crippen molar-refractivity contribution in [3.05, 3.63) is 82.8 Å². The summed E-state index contributed by atoms with van der Waals surface area (Å²) in [5.74, 6) is 0.413. The predicted molar refractivity (Wildman–Crippen MR) is 108 cm³/mol. The Morgan fingerprint density at radius 1 is 1.11 bits per heavy atom. The third-order valence-electron chi connectivity index (χ3n) is 4.20. The first-order valence-electron chi connectivity index (χ1n) is 8.75. The van der Waals surface area contributed by atoms with Crippen LogP contribution in [-0.2, 0) is 6.54 Å². The van der Waals surface area contributed by atoms with Gasteiger partial charge in [-0.25, -0.2) is 9.97 Å². The Kier molecular flexibility index (Phi) is 6.04. The Morgan fingerprint density at radius 3 is 2.52 bits per heavy atom. The van der Waals surface area contributed by atoms with Crippen LogP contribution in [-0.4, -0.2) is 27.3 Å². The van der Waals surface area contributed by atoms with Gasteiger partial charge in [0.2, 0.25) is 0 Å². The highest BCUT2D eigenvalue weighted by atomic mass is 35.5. The van der Waals surface area contributed by atoms with E-state index in [1.165, 1.54) is 6.20 Å². The number of carbonyl (C=O) groups is 1. The summed E-state index contributed by atoms with van der Waals surface area (Å²) in [4.78, 5) is 23.0. The fourth-order valence-electron chi connectivity index (χ4n) is 2.61. The average molecular weight is 381 g/mol. The van der Waals surface area contributed by atoms with E-state index in [-0.39, 0.29) is 5.91 Å². The Bertz CT molecular complexity index is 913. The molecule has 0 aliphatic rings. The van der Waals surface area contributed by atoms with Crippen molar-refractivity contribution in [3.8, 4) is 0 Å². The highest BCUT2D eigenvalue weighted by Crippen LogP contribution is 2.22. The van der Waals surface area contributed by atoms with Crippen LogP contribution in [0.15, 0.2) is 60.9 Å². The summed E-state index contributed by atoms with van der Waals surface area (Å²) in [5, 5.41) is 3.82. The Labute approximate surface area is 164 Å². The second-order valence-electron chi connectivity index (χ2n) is 6.18. The Morgan fingerprint density at radius 2 is 1.89 bits per heavy atom. The van der Waals surface area contributed by atoms with E-state index in [1.807, 2.05) is 62.4 Å². The lowest BCUT2D eigenvalue weighted by Crippen LogP contribution is -2.31. The van der Waals surface area contributed by atoms with Crippen molar-refractivity contribution in [2.45, 2.75) is 20.4 Å². The number of carbonyl (C=O) groups excluding carboxylic acids is 1. The van der Waals surface area contributed by atoms with Crippen LogP contribution >= 0.6 is 11.6 Å². The van der Waals surface area contributed by atoms with E-state index in [9.17, 15) is 4.79 Å². The lowest BCUT2D eigenvalue weighted by atomic mass is 10.2. The molecule has 0 atom stereocenters. The molecule has 0 saturated heterocycles. The summed E-state index contributed by atoms with van der Waals surface area (Å²) < 4.78 is 0. The van der Waals surface area contributed by atoms with Crippen LogP contribution in [0.5, 0.6) is 0 Å². The molecule has 0 bridgehead atoms. The lowest BCUT2D eigenvalue weighted by molar-refractivity contribution is 0.0746. The fraction of sp³-hybridized carbons (Fsp3) is 0.190. The number of aromatic nitrogens is 2. The summed E-state index contributed by atoms with van der Waals surface area (Å²) in [5.41, 5.74) is 3.22. The summed E-state index contributed by atoms with van der Waals surface area (Å²) >= 11 is 6.14. The van der Waals surface area contributed by atoms with Crippen molar-refractivity contribution >= 4 is 29.0 Å². The van der Waals surface area contributed by atoms with E-state index >= 15 is 0 Å². The summed E-state index contributed by atoms with van der Waals surface area (Å²) in [6.07, 6.45) is 3.05. The highest BCUT2D eigenvalue weighted by molar-refractivity contribution is 6.31. The molecule has 0 radical (unpaired) electrons. The highest BCUT2D eigenvalue weighted by Gasteiger charge is 2.16. The normalized spacial score (nSPS) is 10.5. The Hall–Kier alpha value is -2.92. The zero-order valence-electron chi connectivity index (χ0n) is 15.3. The molecule has 0 saturated carbocycles. The number of hydrogen-bond acceptors (Lipinski definition) is 4. The summed E-state index contributed by atoms with van der Waals surface area (Å²) in [6.45, 7) is 5.03. The number of anilines is 2. The van der Waals surface area contributed by atoms with Gasteiger partial charge in [-0.2, -0.15) is 0 Å². The van der Waals surface area contributed by atoms with Crippen molar-refractivity contribution < 1.29 is 4.79 Å².